The van der Waals surface area contributed by atoms with Gasteiger partial charge in [-0.2, -0.15) is 8.78 Å². The number of aliphatic carboxylic acids is 1. The number of ether oxygens (including phenoxy) is 1. The van der Waals surface area contributed by atoms with Gasteiger partial charge in [0.1, 0.15) is 28.6 Å². The normalized spacial score (nSPS) is 15.1. The van der Waals surface area contributed by atoms with E-state index in [1.165, 1.54) is 12.1 Å². The molecule has 0 radical (unpaired) electrons. The number of alkyl halides is 2. The van der Waals surface area contributed by atoms with Gasteiger partial charge in [-0.1, -0.05) is 31.2 Å². The van der Waals surface area contributed by atoms with Gasteiger partial charge in [0.15, 0.2) is 11.2 Å². The maximum atomic E-state index is 14.7. The van der Waals surface area contributed by atoms with E-state index < -0.39 is 18.6 Å². The number of benzene rings is 4. The van der Waals surface area contributed by atoms with Gasteiger partial charge in [-0.05, 0) is 86.3 Å². The first kappa shape index (κ1) is 33.3. The van der Waals surface area contributed by atoms with Crippen LogP contribution in [0.3, 0.4) is 0 Å². The molecule has 258 valence electrons. The number of hydrogen-bond donors (Lipinski definition) is 2. The monoisotopic (exact) mass is 684 g/mol. The molecular weight excluding hydrogens is 649 g/mol. The van der Waals surface area contributed by atoms with Crippen LogP contribution in [0.25, 0.3) is 56.2 Å². The lowest BCUT2D eigenvalue weighted by Gasteiger charge is -2.22. The molecule has 6 aromatic rings. The molecule has 0 aliphatic carbocycles. The van der Waals surface area contributed by atoms with E-state index in [9.17, 15) is 23.1 Å². The van der Waals surface area contributed by atoms with Crippen LogP contribution in [0.2, 0.25) is 0 Å². The second-order valence-electron chi connectivity index (χ2n) is 12.5. The van der Waals surface area contributed by atoms with Crippen LogP contribution in [0.5, 0.6) is 5.75 Å². The molecule has 1 saturated heterocycles. The van der Waals surface area contributed by atoms with Gasteiger partial charge in [-0.25, -0.2) is 14.4 Å². The zero-order valence-corrected chi connectivity index (χ0v) is 27.7. The van der Waals surface area contributed by atoms with Crippen LogP contribution >= 0.6 is 0 Å². The van der Waals surface area contributed by atoms with Crippen molar-refractivity contribution in [3.8, 4) is 39.8 Å². The lowest BCUT2D eigenvalue weighted by atomic mass is 9.91. The quantitative estimate of drug-likeness (QED) is 0.139. The van der Waals surface area contributed by atoms with E-state index >= 15 is 0 Å². The number of halogens is 3. The van der Waals surface area contributed by atoms with Crippen molar-refractivity contribution in [2.75, 3.05) is 13.1 Å². The Kier molecular flexibility index (Phi) is 9.06. The van der Waals surface area contributed by atoms with Gasteiger partial charge in [-0.15, -0.1) is 0 Å². The molecule has 1 atom stereocenters. The number of oxazole rings is 2. The zero-order valence-electron chi connectivity index (χ0n) is 27.7. The second-order valence-corrected chi connectivity index (χ2v) is 12.5. The summed E-state index contributed by atoms with van der Waals surface area (Å²) in [4.78, 5) is 22.9. The Balaban J connectivity index is 1.24. The minimum Gasteiger partial charge on any atom is -0.480 e. The Morgan fingerprint density at radius 3 is 2.10 bits per heavy atom. The molecule has 0 spiro atoms. The maximum Gasteiger partial charge on any atom is 0.387 e. The van der Waals surface area contributed by atoms with Gasteiger partial charge in [0.2, 0.25) is 11.8 Å². The van der Waals surface area contributed by atoms with Gasteiger partial charge in [0.25, 0.3) is 0 Å². The van der Waals surface area contributed by atoms with Crippen molar-refractivity contribution in [2.24, 2.45) is 0 Å². The highest BCUT2D eigenvalue weighted by Crippen LogP contribution is 2.39. The van der Waals surface area contributed by atoms with E-state index in [4.69, 9.17) is 23.5 Å². The van der Waals surface area contributed by atoms with Crippen LogP contribution in [0, 0.1) is 19.7 Å². The van der Waals surface area contributed by atoms with E-state index in [-0.39, 0.29) is 23.7 Å². The van der Waals surface area contributed by atoms with Crippen molar-refractivity contribution in [3.63, 3.8) is 0 Å². The summed E-state index contributed by atoms with van der Waals surface area (Å²) >= 11 is 0. The Labute approximate surface area is 285 Å². The molecule has 0 unspecified atom stereocenters. The van der Waals surface area contributed by atoms with Gasteiger partial charge in [0.05, 0.1) is 0 Å². The van der Waals surface area contributed by atoms with Crippen molar-refractivity contribution in [1.82, 2.24) is 20.2 Å². The van der Waals surface area contributed by atoms with Crippen LogP contribution in [-0.2, 0) is 17.9 Å². The molecule has 1 aliphatic rings. The van der Waals surface area contributed by atoms with Crippen molar-refractivity contribution < 1.29 is 36.6 Å². The molecule has 0 saturated carbocycles. The third-order valence-corrected chi connectivity index (χ3v) is 9.35. The summed E-state index contributed by atoms with van der Waals surface area (Å²) in [6.45, 7) is 4.57. The van der Waals surface area contributed by atoms with E-state index in [2.05, 4.69) is 5.32 Å². The SMILES string of the molecule is CCNCc1cc2nc(-c3cccc(-c4cccc(-c5nc6cc(CN7CCC[C@H]7C(=O)O)c(OC(F)F)cc6o5)c4C)c3C)oc2cc1F. The molecule has 12 heteroatoms. The number of fused-ring (bicyclic) bond motifs is 2. The van der Waals surface area contributed by atoms with E-state index in [1.807, 2.05) is 57.2 Å². The van der Waals surface area contributed by atoms with Gasteiger partial charge < -0.3 is 24.0 Å². The molecule has 3 heterocycles. The van der Waals surface area contributed by atoms with Crippen molar-refractivity contribution in [1.29, 1.82) is 0 Å². The third kappa shape index (κ3) is 6.32. The van der Waals surface area contributed by atoms with Crippen molar-refractivity contribution >= 4 is 28.2 Å². The summed E-state index contributed by atoms with van der Waals surface area (Å²) in [5, 5.41) is 12.8. The van der Waals surface area contributed by atoms with Crippen LogP contribution in [0.15, 0.2) is 69.5 Å². The van der Waals surface area contributed by atoms with Gasteiger partial charge >= 0.3 is 12.6 Å². The number of aromatic nitrogens is 2. The molecule has 4 aromatic carbocycles. The standard InChI is InChI=1S/C38H35F3N4O5/c1-4-42-18-22-14-29-33(16-28(22)39)48-35(43-29)26-10-5-8-24(20(26)2)25-9-6-11-27(21(25)3)36-44-30-15-23(19-45-13-7-12-31(45)37(46)47)32(50-38(40)41)17-34(30)49-36/h5-6,8-11,14-17,31,38,42H,4,7,12-13,18-19H2,1-3H3,(H,46,47)/t31-/m0/s1. The third-order valence-electron chi connectivity index (χ3n) is 9.35. The summed E-state index contributed by atoms with van der Waals surface area (Å²) in [5.74, 6) is -0.704. The van der Waals surface area contributed by atoms with Crippen molar-refractivity contribution in [2.45, 2.75) is 59.4 Å². The molecule has 2 N–H and O–H groups in total. The summed E-state index contributed by atoms with van der Waals surface area (Å²) < 4.78 is 58.6. The lowest BCUT2D eigenvalue weighted by molar-refractivity contribution is -0.142. The summed E-state index contributed by atoms with van der Waals surface area (Å²) in [5.41, 5.74) is 7.64. The summed E-state index contributed by atoms with van der Waals surface area (Å²) in [7, 11) is 0. The van der Waals surface area contributed by atoms with Crippen LogP contribution < -0.4 is 10.1 Å². The molecular formula is C38H35F3N4O5. The first-order chi connectivity index (χ1) is 24.1. The zero-order chi connectivity index (χ0) is 35.1. The Hall–Kier alpha value is -5.20. The van der Waals surface area contributed by atoms with Crippen LogP contribution in [-0.4, -0.2) is 51.7 Å². The smallest absolute Gasteiger partial charge is 0.387 e. The fourth-order valence-electron chi connectivity index (χ4n) is 6.78. The first-order valence-electron chi connectivity index (χ1n) is 16.5. The highest BCUT2D eigenvalue weighted by molar-refractivity contribution is 5.85. The Bertz CT molecular complexity index is 2230. The molecule has 9 nitrogen and oxygen atoms in total. The first-order valence-corrected chi connectivity index (χ1v) is 16.5. The molecule has 1 fully saturated rings. The Morgan fingerprint density at radius 1 is 0.940 bits per heavy atom. The molecule has 0 amide bonds. The average molecular weight is 685 g/mol. The fraction of sp³-hybridized carbons (Fsp3) is 0.289. The molecule has 0 bridgehead atoms. The average Bonchev–Trinajstić information content (AvgIpc) is 3.82. The van der Waals surface area contributed by atoms with Gasteiger partial charge in [0, 0.05) is 47.5 Å². The number of nitrogens with zero attached hydrogens (tertiary/aromatic N) is 3. The molecule has 7 rings (SSSR count). The highest BCUT2D eigenvalue weighted by atomic mass is 19.3. The number of hydrogen-bond acceptors (Lipinski definition) is 8. The maximum absolute atomic E-state index is 14.7. The van der Waals surface area contributed by atoms with E-state index in [1.54, 1.807) is 17.0 Å². The lowest BCUT2D eigenvalue weighted by Crippen LogP contribution is -2.35. The number of carboxylic acid groups (broad SMARTS) is 1. The van der Waals surface area contributed by atoms with E-state index in [0.717, 1.165) is 27.8 Å². The number of carbonyl (C=O) groups is 1. The van der Waals surface area contributed by atoms with Gasteiger partial charge in [-0.3, -0.25) is 9.69 Å². The molecule has 2 aromatic heterocycles. The minimum atomic E-state index is -3.07. The van der Waals surface area contributed by atoms with Crippen LogP contribution in [0.1, 0.15) is 42.0 Å². The minimum absolute atomic E-state index is 0.0834. The number of rotatable bonds is 11. The molecule has 1 aliphatic heterocycles. The predicted octanol–water partition coefficient (Wildman–Crippen LogP) is 8.49. The summed E-state index contributed by atoms with van der Waals surface area (Å²) in [6, 6.07) is 17.0. The van der Waals surface area contributed by atoms with E-state index in [0.29, 0.717) is 77.6 Å². The number of likely N-dealkylation sites (tertiary alicyclic amines) is 1. The Morgan fingerprint density at radius 2 is 1.52 bits per heavy atom. The second kappa shape index (κ2) is 13.6. The summed E-state index contributed by atoms with van der Waals surface area (Å²) in [6.07, 6.45) is 1.18. The predicted molar refractivity (Wildman–Crippen MR) is 182 cm³/mol. The van der Waals surface area contributed by atoms with Crippen molar-refractivity contribution in [3.05, 3.63) is 88.7 Å². The van der Waals surface area contributed by atoms with Crippen LogP contribution in [0.4, 0.5) is 13.2 Å². The number of nitrogens with one attached hydrogen (secondary N) is 1. The molecule has 50 heavy (non-hydrogen) atoms. The fourth-order valence-corrected chi connectivity index (χ4v) is 6.78. The number of carboxylic acids is 1. The largest absolute Gasteiger partial charge is 0.480 e. The topological polar surface area (TPSA) is 114 Å². The highest BCUT2D eigenvalue weighted by Gasteiger charge is 2.31.